The number of aryl methyl sites for hydroxylation is 1. The fourth-order valence-corrected chi connectivity index (χ4v) is 4.40. The van der Waals surface area contributed by atoms with Crippen LogP contribution in [0.2, 0.25) is 0 Å². The molecule has 0 amide bonds. The Kier molecular flexibility index (Phi) is 10.1. The zero-order chi connectivity index (χ0) is 21.8. The van der Waals surface area contributed by atoms with Crippen LogP contribution in [0.1, 0.15) is 17.0 Å². The van der Waals surface area contributed by atoms with Crippen molar-refractivity contribution in [3.05, 3.63) is 70.9 Å². The number of hydrogen-bond donors (Lipinski definition) is 0. The van der Waals surface area contributed by atoms with E-state index < -0.39 is 12.1 Å². The molecule has 0 saturated heterocycles. The maximum absolute atomic E-state index is 11.2. The quantitative estimate of drug-likeness (QED) is 0.313. The Morgan fingerprint density at radius 1 is 1.18 bits per heavy atom. The molecule has 2 aromatic heterocycles. The molecule has 7 nitrogen and oxygen atoms in total. The van der Waals surface area contributed by atoms with Crippen molar-refractivity contribution < 1.29 is 58.8 Å². The summed E-state index contributed by atoms with van der Waals surface area (Å²) in [7, 11) is 1.37. The second-order valence-electron chi connectivity index (χ2n) is 7.12. The van der Waals surface area contributed by atoms with Gasteiger partial charge in [0.2, 0.25) is 5.89 Å². The molecule has 33 heavy (non-hydrogen) atoms. The summed E-state index contributed by atoms with van der Waals surface area (Å²) >= 11 is 1.55. The zero-order valence-corrected chi connectivity index (χ0v) is 21.6. The van der Waals surface area contributed by atoms with Gasteiger partial charge in [-0.2, -0.15) is 0 Å². The molecule has 2 heterocycles. The van der Waals surface area contributed by atoms with Gasteiger partial charge in [0.15, 0.2) is 0 Å². The molecule has 0 fully saturated rings. The fraction of sp³-hybridized carbons (Fsp3) is 0.250. The van der Waals surface area contributed by atoms with E-state index in [-0.39, 0.29) is 41.5 Å². The van der Waals surface area contributed by atoms with Crippen LogP contribution in [0.3, 0.4) is 0 Å². The molecule has 0 spiro atoms. The van der Waals surface area contributed by atoms with E-state index in [2.05, 4.69) is 4.98 Å². The van der Waals surface area contributed by atoms with Gasteiger partial charge in [0.1, 0.15) is 17.6 Å². The average molecular weight is 478 g/mol. The van der Waals surface area contributed by atoms with E-state index in [9.17, 15) is 9.90 Å². The van der Waals surface area contributed by atoms with Crippen molar-refractivity contribution in [1.82, 2.24) is 4.98 Å². The van der Waals surface area contributed by atoms with Crippen LogP contribution in [0.15, 0.2) is 58.3 Å². The number of carbonyl (C=O) groups excluding carboxylic acids is 1. The number of carboxylic acid groups (broad SMARTS) is 1. The minimum Gasteiger partial charge on any atom is -0.547 e. The summed E-state index contributed by atoms with van der Waals surface area (Å²) in [4.78, 5) is 15.8. The molecule has 0 unspecified atom stereocenters. The number of carboxylic acids is 1. The molecule has 2 aromatic carbocycles. The van der Waals surface area contributed by atoms with Gasteiger partial charge in [-0.3, -0.25) is 0 Å². The van der Waals surface area contributed by atoms with E-state index in [1.54, 1.807) is 11.3 Å². The molecule has 0 aliphatic heterocycles. The number of carbonyl (C=O) groups is 1. The Morgan fingerprint density at radius 2 is 1.94 bits per heavy atom. The Hall–Kier alpha value is -2.20. The summed E-state index contributed by atoms with van der Waals surface area (Å²) in [5.74, 6) is 0.932. The van der Waals surface area contributed by atoms with Crippen LogP contribution >= 0.6 is 11.3 Å². The Morgan fingerprint density at radius 3 is 2.64 bits per heavy atom. The van der Waals surface area contributed by atoms with Gasteiger partial charge in [0.05, 0.1) is 18.3 Å². The number of thiophene rings is 1. The largest absolute Gasteiger partial charge is 1.00 e. The summed E-state index contributed by atoms with van der Waals surface area (Å²) < 4.78 is 17.9. The van der Waals surface area contributed by atoms with Crippen LogP contribution in [0.25, 0.3) is 21.5 Å². The van der Waals surface area contributed by atoms with E-state index in [1.807, 2.05) is 60.8 Å². The summed E-state index contributed by atoms with van der Waals surface area (Å²) in [5.41, 5.74) is 2.71. The molecule has 0 aliphatic carbocycles. The SMILES string of the molecule is CO[C@@H](Cc1ccc(OCCc2nc(-c3ccccc3)oc2C)c2ccsc12)C(=O)[O-].O.[Na+]. The van der Waals surface area contributed by atoms with E-state index >= 15 is 0 Å². The number of rotatable bonds is 9. The molecule has 0 bridgehead atoms. The normalized spacial score (nSPS) is 11.5. The van der Waals surface area contributed by atoms with Gasteiger partial charge in [-0.05, 0) is 42.1 Å². The van der Waals surface area contributed by atoms with E-state index in [0.717, 1.165) is 38.4 Å². The first kappa shape index (κ1) is 27.0. The van der Waals surface area contributed by atoms with Gasteiger partial charge in [0.25, 0.3) is 0 Å². The Bertz CT molecular complexity index is 1190. The molecule has 4 rings (SSSR count). The fourth-order valence-electron chi connectivity index (χ4n) is 3.46. The smallest absolute Gasteiger partial charge is 0.547 e. The van der Waals surface area contributed by atoms with Crippen molar-refractivity contribution in [1.29, 1.82) is 0 Å². The number of fused-ring (bicyclic) bond motifs is 1. The van der Waals surface area contributed by atoms with Gasteiger partial charge in [0, 0.05) is 35.6 Å². The molecule has 168 valence electrons. The first-order valence-corrected chi connectivity index (χ1v) is 10.8. The van der Waals surface area contributed by atoms with Crippen molar-refractivity contribution >= 4 is 27.4 Å². The molecular formula is C24H24NNaO6S. The number of aromatic nitrogens is 1. The van der Waals surface area contributed by atoms with Gasteiger partial charge in [-0.1, -0.05) is 24.3 Å². The van der Waals surface area contributed by atoms with Crippen molar-refractivity contribution in [3.8, 4) is 17.2 Å². The van der Waals surface area contributed by atoms with Gasteiger partial charge >= 0.3 is 29.6 Å². The topological polar surface area (TPSA) is 116 Å². The number of methoxy groups -OCH3 is 1. The van der Waals surface area contributed by atoms with Crippen molar-refractivity contribution in [2.75, 3.05) is 13.7 Å². The average Bonchev–Trinajstić information content (AvgIpc) is 3.41. The van der Waals surface area contributed by atoms with Crippen molar-refractivity contribution in [3.63, 3.8) is 0 Å². The minimum atomic E-state index is -1.22. The van der Waals surface area contributed by atoms with Crippen LogP contribution in [-0.4, -0.2) is 36.3 Å². The van der Waals surface area contributed by atoms with E-state index in [4.69, 9.17) is 13.9 Å². The molecule has 4 aromatic rings. The second kappa shape index (κ2) is 12.3. The first-order valence-electron chi connectivity index (χ1n) is 9.94. The minimum absolute atomic E-state index is 0. The van der Waals surface area contributed by atoms with Gasteiger partial charge < -0.3 is 29.3 Å². The zero-order valence-electron chi connectivity index (χ0n) is 18.8. The van der Waals surface area contributed by atoms with Crippen LogP contribution in [0.4, 0.5) is 0 Å². The summed E-state index contributed by atoms with van der Waals surface area (Å²) in [5, 5.41) is 14.1. The monoisotopic (exact) mass is 477 g/mol. The van der Waals surface area contributed by atoms with E-state index in [1.165, 1.54) is 7.11 Å². The number of hydrogen-bond acceptors (Lipinski definition) is 7. The number of ether oxygens (including phenoxy) is 2. The molecular weight excluding hydrogens is 453 g/mol. The molecule has 9 heteroatoms. The molecule has 0 saturated carbocycles. The first-order chi connectivity index (χ1) is 15.1. The third-order valence-electron chi connectivity index (χ3n) is 5.12. The number of nitrogens with zero attached hydrogens (tertiary/aromatic N) is 1. The third-order valence-corrected chi connectivity index (χ3v) is 6.11. The summed E-state index contributed by atoms with van der Waals surface area (Å²) in [6.45, 7) is 2.36. The maximum Gasteiger partial charge on any atom is 1.00 e. The Balaban J connectivity index is 0.00000193. The Labute approximate surface area is 218 Å². The van der Waals surface area contributed by atoms with Crippen LogP contribution in [0.5, 0.6) is 5.75 Å². The van der Waals surface area contributed by atoms with Crippen LogP contribution in [0, 0.1) is 6.92 Å². The molecule has 0 aliphatic rings. The standard InChI is InChI=1S/C24H23NO5S.Na.H2O/c1-15-19(25-23(30-15)16-6-4-3-5-7-16)10-12-29-20-9-8-17(14-21(28-2)24(26)27)22-18(20)11-13-31-22;;/h3-9,11,13,21H,10,12,14H2,1-2H3,(H,26,27);;1H2/q;+1;/p-1/t21-;;/m0../s1. The van der Waals surface area contributed by atoms with Crippen molar-refractivity contribution in [2.24, 2.45) is 0 Å². The number of aliphatic carboxylic acids is 1. The van der Waals surface area contributed by atoms with Crippen LogP contribution < -0.4 is 39.4 Å². The summed E-state index contributed by atoms with van der Waals surface area (Å²) in [6.07, 6.45) is -0.117. The molecule has 1 atom stereocenters. The van der Waals surface area contributed by atoms with Crippen LogP contribution in [-0.2, 0) is 22.4 Å². The maximum atomic E-state index is 11.2. The number of benzene rings is 2. The van der Waals surface area contributed by atoms with Gasteiger partial charge in [-0.15, -0.1) is 11.3 Å². The van der Waals surface area contributed by atoms with Crippen molar-refractivity contribution in [2.45, 2.75) is 25.9 Å². The second-order valence-corrected chi connectivity index (χ2v) is 8.04. The predicted octanol–water partition coefficient (Wildman–Crippen LogP) is -0.0271. The van der Waals surface area contributed by atoms with E-state index in [0.29, 0.717) is 18.9 Å². The summed E-state index contributed by atoms with van der Waals surface area (Å²) in [6, 6.07) is 15.5. The number of oxazole rings is 1. The molecule has 2 N–H and O–H groups in total. The van der Waals surface area contributed by atoms with Gasteiger partial charge in [-0.25, -0.2) is 4.98 Å². The molecule has 0 radical (unpaired) electrons. The third kappa shape index (κ3) is 6.23. The predicted molar refractivity (Wildman–Crippen MR) is 121 cm³/mol.